The first-order valence-electron chi connectivity index (χ1n) is 8.61. The maximum Gasteiger partial charge on any atom is 0.243 e. The number of benzene rings is 1. The third-order valence-corrected chi connectivity index (χ3v) is 3.62. The maximum absolute atomic E-state index is 12.2. The summed E-state index contributed by atoms with van der Waals surface area (Å²) in [6.45, 7) is 9.47. The number of anilines is 1. The molecule has 1 aromatic carbocycles. The lowest BCUT2D eigenvalue weighted by molar-refractivity contribution is -0.138. The minimum Gasteiger partial charge on any atom is -0.345 e. The van der Waals surface area contributed by atoms with E-state index in [4.69, 9.17) is 0 Å². The largest absolute Gasteiger partial charge is 0.345 e. The zero-order valence-electron chi connectivity index (χ0n) is 15.8. The number of amides is 3. The van der Waals surface area contributed by atoms with E-state index in [0.717, 1.165) is 5.56 Å². The van der Waals surface area contributed by atoms with Gasteiger partial charge >= 0.3 is 0 Å². The Morgan fingerprint density at radius 3 is 2.12 bits per heavy atom. The van der Waals surface area contributed by atoms with Crippen LogP contribution in [-0.4, -0.2) is 41.8 Å². The summed E-state index contributed by atoms with van der Waals surface area (Å²) in [5.41, 5.74) is 1.78. The molecule has 0 saturated carbocycles. The first-order chi connectivity index (χ1) is 11.7. The third-order valence-electron chi connectivity index (χ3n) is 3.62. The summed E-state index contributed by atoms with van der Waals surface area (Å²) >= 11 is 0. The fourth-order valence-corrected chi connectivity index (χ4v) is 2.26. The molecule has 1 aromatic rings. The zero-order chi connectivity index (χ0) is 19.0. The van der Waals surface area contributed by atoms with Gasteiger partial charge in [-0.05, 0) is 38.8 Å². The van der Waals surface area contributed by atoms with Crippen LogP contribution in [0.2, 0.25) is 0 Å². The Hall–Kier alpha value is -2.37. The highest BCUT2D eigenvalue weighted by Crippen LogP contribution is 2.09. The number of nitrogens with one attached hydrogen (secondary N) is 2. The van der Waals surface area contributed by atoms with E-state index in [-0.39, 0.29) is 42.8 Å². The predicted molar refractivity (Wildman–Crippen MR) is 99.1 cm³/mol. The standard InChI is InChI=1S/C19H29N3O3/c1-13(2)10-19(25)22(14(3)4)12-18(24)20-11-17(23)21-16-8-6-15(5)7-9-16/h6-9,13-14H,10-12H2,1-5H3,(H,20,24)(H,21,23). The van der Waals surface area contributed by atoms with Gasteiger partial charge in [0.15, 0.2) is 0 Å². The van der Waals surface area contributed by atoms with Crippen LogP contribution in [-0.2, 0) is 14.4 Å². The topological polar surface area (TPSA) is 78.5 Å². The number of hydrogen-bond acceptors (Lipinski definition) is 3. The quantitative estimate of drug-likeness (QED) is 0.757. The lowest BCUT2D eigenvalue weighted by Crippen LogP contribution is -2.46. The van der Waals surface area contributed by atoms with Crippen LogP contribution in [0.5, 0.6) is 0 Å². The lowest BCUT2D eigenvalue weighted by atomic mass is 10.1. The molecule has 0 aliphatic carbocycles. The van der Waals surface area contributed by atoms with Gasteiger partial charge in [-0.3, -0.25) is 14.4 Å². The Kier molecular flexibility index (Phi) is 8.11. The van der Waals surface area contributed by atoms with Crippen LogP contribution >= 0.6 is 0 Å². The minimum absolute atomic E-state index is 0.0406. The van der Waals surface area contributed by atoms with Crippen LogP contribution in [0.25, 0.3) is 0 Å². The smallest absolute Gasteiger partial charge is 0.243 e. The van der Waals surface area contributed by atoms with Gasteiger partial charge in [-0.1, -0.05) is 31.5 Å². The van der Waals surface area contributed by atoms with Crippen LogP contribution < -0.4 is 10.6 Å². The van der Waals surface area contributed by atoms with Crippen LogP contribution in [0.15, 0.2) is 24.3 Å². The van der Waals surface area contributed by atoms with Crippen molar-refractivity contribution in [2.24, 2.45) is 5.92 Å². The van der Waals surface area contributed by atoms with Gasteiger partial charge in [-0.15, -0.1) is 0 Å². The lowest BCUT2D eigenvalue weighted by Gasteiger charge is -2.27. The molecule has 0 atom stereocenters. The fourth-order valence-electron chi connectivity index (χ4n) is 2.26. The van der Waals surface area contributed by atoms with Crippen molar-refractivity contribution in [2.75, 3.05) is 18.4 Å². The first kappa shape index (κ1) is 20.7. The highest BCUT2D eigenvalue weighted by atomic mass is 16.2. The van der Waals surface area contributed by atoms with E-state index in [1.54, 1.807) is 12.1 Å². The molecule has 1 rings (SSSR count). The summed E-state index contributed by atoms with van der Waals surface area (Å²) in [6, 6.07) is 7.34. The molecule has 0 aliphatic heterocycles. The number of hydrogen-bond donors (Lipinski definition) is 2. The molecule has 0 radical (unpaired) electrons. The molecule has 2 N–H and O–H groups in total. The van der Waals surface area contributed by atoms with E-state index < -0.39 is 0 Å². The Bertz CT molecular complexity index is 594. The molecule has 25 heavy (non-hydrogen) atoms. The summed E-state index contributed by atoms with van der Waals surface area (Å²) in [5.74, 6) is -0.465. The Morgan fingerprint density at radius 2 is 1.60 bits per heavy atom. The molecule has 0 fully saturated rings. The summed E-state index contributed by atoms with van der Waals surface area (Å²) in [4.78, 5) is 37.7. The fraction of sp³-hybridized carbons (Fsp3) is 0.526. The molecule has 0 unspecified atom stereocenters. The first-order valence-corrected chi connectivity index (χ1v) is 8.61. The average molecular weight is 347 g/mol. The number of carbonyl (C=O) groups is 3. The van der Waals surface area contributed by atoms with Gasteiger partial charge in [0.05, 0.1) is 13.1 Å². The van der Waals surface area contributed by atoms with Crippen molar-refractivity contribution in [3.8, 4) is 0 Å². The van der Waals surface area contributed by atoms with Crippen LogP contribution in [0, 0.1) is 12.8 Å². The number of carbonyl (C=O) groups excluding carboxylic acids is 3. The molecule has 3 amide bonds. The molecule has 0 bridgehead atoms. The predicted octanol–water partition coefficient (Wildman–Crippen LogP) is 2.33. The second-order valence-corrected chi connectivity index (χ2v) is 6.90. The molecular formula is C19H29N3O3. The van der Waals surface area contributed by atoms with Crippen molar-refractivity contribution in [1.29, 1.82) is 0 Å². The summed E-state index contributed by atoms with van der Waals surface area (Å²) in [7, 11) is 0. The van der Waals surface area contributed by atoms with Gasteiger partial charge in [0.1, 0.15) is 0 Å². The van der Waals surface area contributed by atoms with Gasteiger partial charge in [-0.25, -0.2) is 0 Å². The zero-order valence-corrected chi connectivity index (χ0v) is 15.8. The maximum atomic E-state index is 12.2. The number of aryl methyl sites for hydroxylation is 1. The van der Waals surface area contributed by atoms with Gasteiger partial charge in [0, 0.05) is 18.2 Å². The summed E-state index contributed by atoms with van der Waals surface area (Å²) in [5, 5.41) is 5.28. The SMILES string of the molecule is Cc1ccc(NC(=O)CNC(=O)CN(C(=O)CC(C)C)C(C)C)cc1. The molecule has 0 aliphatic rings. The van der Waals surface area contributed by atoms with Crippen molar-refractivity contribution in [1.82, 2.24) is 10.2 Å². The van der Waals surface area contributed by atoms with Gasteiger partial charge in [0.25, 0.3) is 0 Å². The molecule has 138 valence electrons. The number of nitrogens with zero attached hydrogens (tertiary/aromatic N) is 1. The molecule has 6 heteroatoms. The van der Waals surface area contributed by atoms with Crippen molar-refractivity contribution in [3.05, 3.63) is 29.8 Å². The van der Waals surface area contributed by atoms with Crippen molar-refractivity contribution >= 4 is 23.4 Å². The molecule has 0 aromatic heterocycles. The highest BCUT2D eigenvalue weighted by molar-refractivity contribution is 5.95. The molecule has 0 spiro atoms. The van der Waals surface area contributed by atoms with E-state index in [0.29, 0.717) is 12.1 Å². The van der Waals surface area contributed by atoms with Gasteiger partial charge in [0.2, 0.25) is 17.7 Å². The summed E-state index contributed by atoms with van der Waals surface area (Å²) < 4.78 is 0. The Balaban J connectivity index is 2.47. The van der Waals surface area contributed by atoms with E-state index >= 15 is 0 Å². The normalized spacial score (nSPS) is 10.7. The van der Waals surface area contributed by atoms with Crippen molar-refractivity contribution < 1.29 is 14.4 Å². The minimum atomic E-state index is -0.343. The second-order valence-electron chi connectivity index (χ2n) is 6.90. The molecular weight excluding hydrogens is 318 g/mol. The van der Waals surface area contributed by atoms with Gasteiger partial charge < -0.3 is 15.5 Å². The van der Waals surface area contributed by atoms with E-state index in [1.807, 2.05) is 46.8 Å². The van der Waals surface area contributed by atoms with E-state index in [2.05, 4.69) is 10.6 Å². The van der Waals surface area contributed by atoms with Crippen molar-refractivity contribution in [2.45, 2.75) is 47.1 Å². The highest BCUT2D eigenvalue weighted by Gasteiger charge is 2.21. The van der Waals surface area contributed by atoms with E-state index in [1.165, 1.54) is 4.90 Å². The molecule has 6 nitrogen and oxygen atoms in total. The summed E-state index contributed by atoms with van der Waals surface area (Å²) in [6.07, 6.45) is 0.402. The second kappa shape index (κ2) is 9.81. The average Bonchev–Trinajstić information content (AvgIpc) is 2.51. The monoisotopic (exact) mass is 347 g/mol. The molecule has 0 saturated heterocycles. The van der Waals surface area contributed by atoms with Crippen molar-refractivity contribution in [3.63, 3.8) is 0 Å². The number of rotatable bonds is 8. The van der Waals surface area contributed by atoms with Crippen LogP contribution in [0.4, 0.5) is 5.69 Å². The van der Waals surface area contributed by atoms with Crippen LogP contribution in [0.3, 0.4) is 0 Å². The van der Waals surface area contributed by atoms with Crippen LogP contribution in [0.1, 0.15) is 39.7 Å². The van der Waals surface area contributed by atoms with E-state index in [9.17, 15) is 14.4 Å². The third kappa shape index (κ3) is 7.83. The Labute approximate surface area is 150 Å². The Morgan fingerprint density at radius 1 is 1.00 bits per heavy atom. The van der Waals surface area contributed by atoms with Gasteiger partial charge in [-0.2, -0.15) is 0 Å². The molecule has 0 heterocycles.